The quantitative estimate of drug-likeness (QED) is 0.877. The van der Waals surface area contributed by atoms with E-state index in [0.717, 1.165) is 16.7 Å². The number of nitrogens with one attached hydrogen (secondary N) is 1. The lowest BCUT2D eigenvalue weighted by Gasteiger charge is -2.32. The summed E-state index contributed by atoms with van der Waals surface area (Å²) in [5.41, 5.74) is 3.49. The van der Waals surface area contributed by atoms with E-state index in [-0.39, 0.29) is 11.9 Å². The highest BCUT2D eigenvalue weighted by molar-refractivity contribution is 7.89. The number of carbonyl (C=O) groups is 1. The van der Waals surface area contributed by atoms with E-state index in [2.05, 4.69) is 5.32 Å². The number of rotatable bonds is 4. The van der Waals surface area contributed by atoms with Crippen LogP contribution in [0.4, 0.5) is 0 Å². The Labute approximate surface area is 161 Å². The van der Waals surface area contributed by atoms with Crippen LogP contribution in [-0.4, -0.2) is 37.8 Å². The Morgan fingerprint density at radius 3 is 2.30 bits per heavy atom. The van der Waals surface area contributed by atoms with Gasteiger partial charge in [0, 0.05) is 24.7 Å². The van der Waals surface area contributed by atoms with E-state index in [1.807, 2.05) is 51.1 Å². The molecule has 5 nitrogen and oxygen atoms in total. The van der Waals surface area contributed by atoms with Crippen molar-refractivity contribution in [2.45, 2.75) is 44.6 Å². The fourth-order valence-corrected chi connectivity index (χ4v) is 5.20. The summed E-state index contributed by atoms with van der Waals surface area (Å²) in [4.78, 5) is 12.8. The van der Waals surface area contributed by atoms with Gasteiger partial charge in [-0.05, 0) is 57.4 Å². The molecule has 1 aliphatic rings. The molecule has 1 saturated heterocycles. The van der Waals surface area contributed by atoms with Gasteiger partial charge in [-0.2, -0.15) is 4.31 Å². The van der Waals surface area contributed by atoms with Crippen LogP contribution in [0.3, 0.4) is 0 Å². The second kappa shape index (κ2) is 7.82. The first-order valence-corrected chi connectivity index (χ1v) is 10.7. The van der Waals surface area contributed by atoms with Crippen molar-refractivity contribution < 1.29 is 13.2 Å². The van der Waals surface area contributed by atoms with Gasteiger partial charge < -0.3 is 5.32 Å². The summed E-state index contributed by atoms with van der Waals surface area (Å²) in [5.74, 6) is -0.102. The van der Waals surface area contributed by atoms with Crippen LogP contribution < -0.4 is 5.32 Å². The summed E-state index contributed by atoms with van der Waals surface area (Å²) in [7, 11) is -3.50. The van der Waals surface area contributed by atoms with Crippen LogP contribution in [0.5, 0.6) is 0 Å². The highest BCUT2D eigenvalue weighted by Gasteiger charge is 2.30. The van der Waals surface area contributed by atoms with Crippen LogP contribution in [0.15, 0.2) is 47.4 Å². The molecule has 1 fully saturated rings. The van der Waals surface area contributed by atoms with E-state index in [1.165, 1.54) is 4.31 Å². The zero-order valence-corrected chi connectivity index (χ0v) is 16.8. The molecule has 1 N–H and O–H groups in total. The van der Waals surface area contributed by atoms with Gasteiger partial charge in [0.15, 0.2) is 0 Å². The number of amides is 1. The predicted molar refractivity (Wildman–Crippen MR) is 106 cm³/mol. The number of sulfonamides is 1. The maximum Gasteiger partial charge on any atom is 0.251 e. The Hall–Kier alpha value is -2.18. The van der Waals surface area contributed by atoms with E-state index in [4.69, 9.17) is 0 Å². The molecule has 144 valence electrons. The molecule has 0 bridgehead atoms. The molecule has 0 saturated carbocycles. The molecule has 1 heterocycles. The van der Waals surface area contributed by atoms with E-state index < -0.39 is 10.0 Å². The molecule has 0 atom stereocenters. The van der Waals surface area contributed by atoms with Crippen LogP contribution in [-0.2, 0) is 10.0 Å². The highest BCUT2D eigenvalue weighted by Crippen LogP contribution is 2.24. The molecule has 2 aromatic carbocycles. The average molecular weight is 387 g/mol. The van der Waals surface area contributed by atoms with Crippen molar-refractivity contribution in [3.8, 4) is 0 Å². The molecule has 0 spiro atoms. The summed E-state index contributed by atoms with van der Waals surface area (Å²) in [6, 6.07) is 12.9. The van der Waals surface area contributed by atoms with Gasteiger partial charge in [-0.3, -0.25) is 4.79 Å². The number of benzene rings is 2. The Morgan fingerprint density at radius 2 is 1.67 bits per heavy atom. The van der Waals surface area contributed by atoms with Gasteiger partial charge in [0.1, 0.15) is 0 Å². The van der Waals surface area contributed by atoms with Crippen molar-refractivity contribution >= 4 is 15.9 Å². The van der Waals surface area contributed by atoms with Gasteiger partial charge in [-0.25, -0.2) is 8.42 Å². The molecule has 6 heteroatoms. The topological polar surface area (TPSA) is 66.5 Å². The summed E-state index contributed by atoms with van der Waals surface area (Å²) in [5, 5.41) is 3.03. The fourth-order valence-electron chi connectivity index (χ4n) is 3.52. The molecule has 27 heavy (non-hydrogen) atoms. The van der Waals surface area contributed by atoms with Gasteiger partial charge in [0.25, 0.3) is 5.91 Å². The minimum atomic E-state index is -3.50. The summed E-state index contributed by atoms with van der Waals surface area (Å²) < 4.78 is 27.4. The second-order valence-electron chi connectivity index (χ2n) is 7.29. The van der Waals surface area contributed by atoms with E-state index in [9.17, 15) is 13.2 Å². The number of aryl methyl sites for hydroxylation is 3. The molecule has 0 aliphatic carbocycles. The lowest BCUT2D eigenvalue weighted by atomic mass is 10.1. The Kier molecular flexibility index (Phi) is 5.67. The molecule has 0 aromatic heterocycles. The summed E-state index contributed by atoms with van der Waals surface area (Å²) in [6.45, 7) is 6.55. The van der Waals surface area contributed by atoms with Gasteiger partial charge in [0.2, 0.25) is 10.0 Å². The van der Waals surface area contributed by atoms with Gasteiger partial charge >= 0.3 is 0 Å². The van der Waals surface area contributed by atoms with Crippen molar-refractivity contribution in [2.24, 2.45) is 0 Å². The van der Waals surface area contributed by atoms with Crippen molar-refractivity contribution in [3.63, 3.8) is 0 Å². The molecule has 2 aromatic rings. The van der Waals surface area contributed by atoms with Gasteiger partial charge in [-0.1, -0.05) is 35.4 Å². The van der Waals surface area contributed by atoms with Crippen molar-refractivity contribution in [2.75, 3.05) is 13.1 Å². The van der Waals surface area contributed by atoms with Gasteiger partial charge in [-0.15, -0.1) is 0 Å². The standard InChI is InChI=1S/C21H26N2O3S/c1-15-5-4-6-18(14-15)21(24)22-19-9-11-23(12-10-19)27(25,26)20-8-7-16(2)13-17(20)3/h4-8,13-14,19H,9-12H2,1-3H3,(H,22,24). The number of hydrogen-bond acceptors (Lipinski definition) is 3. The molecule has 0 radical (unpaired) electrons. The highest BCUT2D eigenvalue weighted by atomic mass is 32.2. The van der Waals surface area contributed by atoms with Crippen LogP contribution in [0.1, 0.15) is 39.9 Å². The molecule has 0 unspecified atom stereocenters. The van der Waals surface area contributed by atoms with Crippen LogP contribution in [0.2, 0.25) is 0 Å². The lowest BCUT2D eigenvalue weighted by Crippen LogP contribution is -2.46. The molecule has 3 rings (SSSR count). The molecule has 1 amide bonds. The first-order valence-electron chi connectivity index (χ1n) is 9.22. The molecular weight excluding hydrogens is 360 g/mol. The SMILES string of the molecule is Cc1cccc(C(=O)NC2CCN(S(=O)(=O)c3ccc(C)cc3C)CC2)c1. The number of carbonyl (C=O) groups excluding carboxylic acids is 1. The maximum absolute atomic E-state index is 12.9. The number of hydrogen-bond donors (Lipinski definition) is 1. The van der Waals surface area contributed by atoms with Crippen molar-refractivity contribution in [1.29, 1.82) is 0 Å². The smallest absolute Gasteiger partial charge is 0.251 e. The first-order chi connectivity index (χ1) is 12.8. The molecule has 1 aliphatic heterocycles. The first kappa shape index (κ1) is 19.6. The summed E-state index contributed by atoms with van der Waals surface area (Å²) >= 11 is 0. The Morgan fingerprint density at radius 1 is 1.00 bits per heavy atom. The fraction of sp³-hybridized carbons (Fsp3) is 0.381. The predicted octanol–water partition coefficient (Wildman–Crippen LogP) is 3.19. The third-order valence-electron chi connectivity index (χ3n) is 5.02. The van der Waals surface area contributed by atoms with Crippen molar-refractivity contribution in [3.05, 3.63) is 64.7 Å². The summed E-state index contributed by atoms with van der Waals surface area (Å²) in [6.07, 6.45) is 1.23. The lowest BCUT2D eigenvalue weighted by molar-refractivity contribution is 0.0923. The zero-order chi connectivity index (χ0) is 19.6. The number of nitrogens with zero attached hydrogens (tertiary/aromatic N) is 1. The normalized spacial score (nSPS) is 16.3. The average Bonchev–Trinajstić information content (AvgIpc) is 2.62. The zero-order valence-electron chi connectivity index (χ0n) is 16.0. The largest absolute Gasteiger partial charge is 0.349 e. The third kappa shape index (κ3) is 4.39. The Bertz CT molecular complexity index is 946. The van der Waals surface area contributed by atoms with E-state index in [1.54, 1.807) is 12.1 Å². The van der Waals surface area contributed by atoms with E-state index in [0.29, 0.717) is 36.4 Å². The Balaban J connectivity index is 1.64. The van der Waals surface area contributed by atoms with Crippen LogP contribution >= 0.6 is 0 Å². The van der Waals surface area contributed by atoms with Gasteiger partial charge in [0.05, 0.1) is 4.90 Å². The van der Waals surface area contributed by atoms with Crippen molar-refractivity contribution in [1.82, 2.24) is 9.62 Å². The molecular formula is C21H26N2O3S. The van der Waals surface area contributed by atoms with Crippen LogP contribution in [0.25, 0.3) is 0 Å². The second-order valence-corrected chi connectivity index (χ2v) is 9.20. The van der Waals surface area contributed by atoms with Crippen LogP contribution in [0, 0.1) is 20.8 Å². The third-order valence-corrected chi connectivity index (χ3v) is 7.08. The minimum absolute atomic E-state index is 0.0106. The van der Waals surface area contributed by atoms with E-state index >= 15 is 0 Å². The maximum atomic E-state index is 12.9. The number of piperidine rings is 1. The monoisotopic (exact) mass is 386 g/mol. The minimum Gasteiger partial charge on any atom is -0.349 e.